The monoisotopic (exact) mass is 160 g/mol. The van der Waals surface area contributed by atoms with Gasteiger partial charge in [0.15, 0.2) is 0 Å². The Kier molecular flexibility index (Phi) is 2.16. The predicted octanol–water partition coefficient (Wildman–Crippen LogP) is 3.48. The zero-order valence-electron chi connectivity index (χ0n) is 7.66. The number of hydrogen-bond acceptors (Lipinski definition) is 0. The average Bonchev–Trinajstić information content (AvgIpc) is 2.50. The van der Waals surface area contributed by atoms with E-state index < -0.39 is 0 Å². The summed E-state index contributed by atoms with van der Waals surface area (Å²) in [5.41, 5.74) is 1.58. The third kappa shape index (κ3) is 1.26. The molecule has 0 saturated heterocycles. The lowest BCUT2D eigenvalue weighted by molar-refractivity contribution is 0.469. The molecule has 2 aliphatic rings. The molecule has 0 heteroatoms. The summed E-state index contributed by atoms with van der Waals surface area (Å²) in [6.07, 6.45) is 15.4. The van der Waals surface area contributed by atoms with E-state index in [-0.39, 0.29) is 0 Å². The molecule has 0 amide bonds. The zero-order valence-corrected chi connectivity index (χ0v) is 7.66. The topological polar surface area (TPSA) is 0 Å². The third-order valence-corrected chi connectivity index (χ3v) is 2.89. The van der Waals surface area contributed by atoms with Crippen molar-refractivity contribution < 1.29 is 0 Å². The maximum atomic E-state index is 2.38. The molecular weight excluding hydrogens is 144 g/mol. The molecule has 0 fully saturated rings. The van der Waals surface area contributed by atoms with Gasteiger partial charge in [-0.1, -0.05) is 37.3 Å². The molecular formula is C12H16. The molecule has 2 aliphatic carbocycles. The molecule has 0 aromatic heterocycles. The number of fused-ring (bicyclic) bond motifs is 1. The van der Waals surface area contributed by atoms with E-state index >= 15 is 0 Å². The van der Waals surface area contributed by atoms with Crippen LogP contribution < -0.4 is 0 Å². The van der Waals surface area contributed by atoms with E-state index in [9.17, 15) is 0 Å². The predicted molar refractivity (Wildman–Crippen MR) is 52.9 cm³/mol. The fraction of sp³-hybridized carbons (Fsp3) is 0.500. The third-order valence-electron chi connectivity index (χ3n) is 2.89. The van der Waals surface area contributed by atoms with Crippen LogP contribution in [0.25, 0.3) is 0 Å². The first-order valence-corrected chi connectivity index (χ1v) is 4.95. The quantitative estimate of drug-likeness (QED) is 0.515. The second-order valence-corrected chi connectivity index (χ2v) is 3.68. The Labute approximate surface area is 74.7 Å². The number of hydrogen-bond donors (Lipinski definition) is 0. The van der Waals surface area contributed by atoms with Crippen LogP contribution in [-0.2, 0) is 0 Å². The molecule has 2 atom stereocenters. The van der Waals surface area contributed by atoms with Crippen LogP contribution in [0.15, 0.2) is 36.0 Å². The number of allylic oxidation sites excluding steroid dienone is 6. The van der Waals surface area contributed by atoms with E-state index in [4.69, 9.17) is 0 Å². The average molecular weight is 160 g/mol. The Morgan fingerprint density at radius 1 is 1.42 bits per heavy atom. The van der Waals surface area contributed by atoms with Crippen LogP contribution in [0.4, 0.5) is 0 Å². The van der Waals surface area contributed by atoms with E-state index in [1.807, 2.05) is 0 Å². The van der Waals surface area contributed by atoms with Gasteiger partial charge in [0.1, 0.15) is 0 Å². The minimum absolute atomic E-state index is 0.813. The van der Waals surface area contributed by atoms with Crippen molar-refractivity contribution in [3.63, 3.8) is 0 Å². The highest BCUT2D eigenvalue weighted by Gasteiger charge is 2.26. The van der Waals surface area contributed by atoms with Gasteiger partial charge in [0.25, 0.3) is 0 Å². The SMILES string of the molecule is CC/C=C1\C=CC2CC=CCC12. The summed E-state index contributed by atoms with van der Waals surface area (Å²) in [6, 6.07) is 0. The normalized spacial score (nSPS) is 35.9. The minimum Gasteiger partial charge on any atom is -0.0879 e. The molecule has 2 unspecified atom stereocenters. The summed E-state index contributed by atoms with van der Waals surface area (Å²) >= 11 is 0. The minimum atomic E-state index is 0.813. The first kappa shape index (κ1) is 7.85. The molecule has 0 saturated carbocycles. The van der Waals surface area contributed by atoms with Crippen molar-refractivity contribution in [2.45, 2.75) is 26.2 Å². The zero-order chi connectivity index (χ0) is 8.39. The molecule has 2 rings (SSSR count). The van der Waals surface area contributed by atoms with Crippen LogP contribution in [0.2, 0.25) is 0 Å². The largest absolute Gasteiger partial charge is 0.0879 e. The summed E-state index contributed by atoms with van der Waals surface area (Å²) in [5.74, 6) is 1.63. The van der Waals surface area contributed by atoms with Gasteiger partial charge in [0, 0.05) is 0 Å². The van der Waals surface area contributed by atoms with Gasteiger partial charge in [-0.15, -0.1) is 0 Å². The molecule has 0 aromatic rings. The maximum absolute atomic E-state index is 2.38. The van der Waals surface area contributed by atoms with E-state index in [1.165, 1.54) is 19.3 Å². The van der Waals surface area contributed by atoms with E-state index in [0.717, 1.165) is 11.8 Å². The van der Waals surface area contributed by atoms with Crippen LogP contribution >= 0.6 is 0 Å². The Bertz CT molecular complexity index is 243. The van der Waals surface area contributed by atoms with Crippen molar-refractivity contribution >= 4 is 0 Å². The summed E-state index contributed by atoms with van der Waals surface area (Å²) < 4.78 is 0. The molecule has 0 spiro atoms. The Balaban J connectivity index is 2.17. The lowest BCUT2D eigenvalue weighted by atomic mass is 9.83. The van der Waals surface area contributed by atoms with Gasteiger partial charge in [-0.3, -0.25) is 0 Å². The Hall–Kier alpha value is -0.780. The van der Waals surface area contributed by atoms with Gasteiger partial charge in [-0.2, -0.15) is 0 Å². The van der Waals surface area contributed by atoms with E-state index in [2.05, 4.69) is 37.3 Å². The standard InChI is InChI=1S/C12H16/c1-2-5-10-8-9-11-6-3-4-7-12(10)11/h3-5,8-9,11-12H,2,6-7H2,1H3/b10-5+. The van der Waals surface area contributed by atoms with Gasteiger partial charge in [0.2, 0.25) is 0 Å². The van der Waals surface area contributed by atoms with Gasteiger partial charge in [-0.05, 0) is 36.7 Å². The highest BCUT2D eigenvalue weighted by molar-refractivity contribution is 5.32. The molecule has 0 nitrogen and oxygen atoms in total. The van der Waals surface area contributed by atoms with E-state index in [0.29, 0.717) is 0 Å². The molecule has 0 bridgehead atoms. The summed E-state index contributed by atoms with van der Waals surface area (Å²) in [5, 5.41) is 0. The fourth-order valence-corrected chi connectivity index (χ4v) is 2.24. The van der Waals surface area contributed by atoms with Gasteiger partial charge in [-0.25, -0.2) is 0 Å². The molecule has 0 heterocycles. The summed E-state index contributed by atoms with van der Waals surface area (Å²) in [4.78, 5) is 0. The van der Waals surface area contributed by atoms with Gasteiger partial charge >= 0.3 is 0 Å². The molecule has 0 aromatic carbocycles. The van der Waals surface area contributed by atoms with Crippen molar-refractivity contribution in [2.75, 3.05) is 0 Å². The van der Waals surface area contributed by atoms with Crippen LogP contribution in [-0.4, -0.2) is 0 Å². The van der Waals surface area contributed by atoms with Gasteiger partial charge in [0.05, 0.1) is 0 Å². The highest BCUT2D eigenvalue weighted by Crippen LogP contribution is 2.38. The first-order valence-electron chi connectivity index (χ1n) is 4.95. The van der Waals surface area contributed by atoms with Crippen molar-refractivity contribution in [3.05, 3.63) is 36.0 Å². The maximum Gasteiger partial charge on any atom is -0.00646 e. The molecule has 0 radical (unpaired) electrons. The van der Waals surface area contributed by atoms with E-state index in [1.54, 1.807) is 5.57 Å². The molecule has 12 heavy (non-hydrogen) atoms. The van der Waals surface area contributed by atoms with Crippen LogP contribution in [0.1, 0.15) is 26.2 Å². The Morgan fingerprint density at radius 2 is 2.25 bits per heavy atom. The van der Waals surface area contributed by atoms with Crippen molar-refractivity contribution in [1.82, 2.24) is 0 Å². The lowest BCUT2D eigenvalue weighted by Crippen LogP contribution is -2.11. The smallest absolute Gasteiger partial charge is 0.00646 e. The van der Waals surface area contributed by atoms with Crippen molar-refractivity contribution in [1.29, 1.82) is 0 Å². The van der Waals surface area contributed by atoms with Crippen molar-refractivity contribution in [2.24, 2.45) is 11.8 Å². The molecule has 0 N–H and O–H groups in total. The highest BCUT2D eigenvalue weighted by atomic mass is 14.3. The van der Waals surface area contributed by atoms with Crippen molar-refractivity contribution in [3.8, 4) is 0 Å². The second kappa shape index (κ2) is 3.30. The second-order valence-electron chi connectivity index (χ2n) is 3.68. The van der Waals surface area contributed by atoms with Crippen LogP contribution in [0.3, 0.4) is 0 Å². The first-order chi connectivity index (χ1) is 5.92. The van der Waals surface area contributed by atoms with Crippen LogP contribution in [0, 0.1) is 11.8 Å². The molecule has 0 aliphatic heterocycles. The summed E-state index contributed by atoms with van der Waals surface area (Å²) in [7, 11) is 0. The van der Waals surface area contributed by atoms with Crippen LogP contribution in [0.5, 0.6) is 0 Å². The summed E-state index contributed by atoms with van der Waals surface area (Å²) in [6.45, 7) is 2.22. The Morgan fingerprint density at radius 3 is 3.08 bits per heavy atom. The number of rotatable bonds is 1. The molecule has 64 valence electrons. The fourth-order valence-electron chi connectivity index (χ4n) is 2.24. The van der Waals surface area contributed by atoms with Gasteiger partial charge < -0.3 is 0 Å². The lowest BCUT2D eigenvalue weighted by Gasteiger charge is -2.21.